The van der Waals surface area contributed by atoms with Crippen LogP contribution in [0.25, 0.3) is 5.57 Å². The van der Waals surface area contributed by atoms with E-state index < -0.39 is 0 Å². The molecule has 4 rings (SSSR count). The molecule has 0 amide bonds. The Morgan fingerprint density at radius 2 is 2.25 bits per heavy atom. The molecule has 0 N–H and O–H groups in total. The zero-order chi connectivity index (χ0) is 16.9. The Morgan fingerprint density at radius 1 is 1.42 bits per heavy atom. The fourth-order valence-corrected chi connectivity index (χ4v) is 4.24. The topological polar surface area (TPSA) is 54.0 Å². The van der Waals surface area contributed by atoms with Crippen LogP contribution in [0.4, 0.5) is 0 Å². The second-order valence-electron chi connectivity index (χ2n) is 7.18. The first-order valence-corrected chi connectivity index (χ1v) is 8.72. The van der Waals surface area contributed by atoms with Gasteiger partial charge >= 0.3 is 0 Å². The van der Waals surface area contributed by atoms with Gasteiger partial charge in [0, 0.05) is 19.0 Å². The number of aromatic nitrogens is 2. The van der Waals surface area contributed by atoms with Crippen molar-refractivity contribution in [2.24, 2.45) is 23.9 Å². The van der Waals surface area contributed by atoms with Crippen LogP contribution >= 0.6 is 12.6 Å². The van der Waals surface area contributed by atoms with Crippen LogP contribution in [0.15, 0.2) is 46.5 Å². The summed E-state index contributed by atoms with van der Waals surface area (Å²) in [6.07, 6.45) is 12.7. The van der Waals surface area contributed by atoms with Crippen LogP contribution in [0.5, 0.6) is 0 Å². The minimum Gasteiger partial charge on any atom is -0.333 e. The molecule has 0 saturated heterocycles. The van der Waals surface area contributed by atoms with E-state index in [2.05, 4.69) is 35.8 Å². The fraction of sp³-hybridized carbons (Fsp3) is 0.421. The summed E-state index contributed by atoms with van der Waals surface area (Å²) < 4.78 is 1.64. The van der Waals surface area contributed by atoms with Crippen molar-refractivity contribution in [1.29, 1.82) is 5.26 Å². The molecule has 1 aromatic heterocycles. The van der Waals surface area contributed by atoms with Crippen LogP contribution < -0.4 is 0 Å². The molecule has 2 aliphatic carbocycles. The van der Waals surface area contributed by atoms with Crippen LogP contribution in [-0.2, 0) is 7.05 Å². The van der Waals surface area contributed by atoms with E-state index in [-0.39, 0.29) is 4.75 Å². The Kier molecular flexibility index (Phi) is 3.54. The SMILES string of the molecule is Cn1cncc1/C(C#N)=C1\CC2CC3=C(C=CC(C)(S)C=N3)C2C1. The van der Waals surface area contributed by atoms with Gasteiger partial charge in [0.1, 0.15) is 6.07 Å². The van der Waals surface area contributed by atoms with E-state index in [9.17, 15) is 5.26 Å². The zero-order valence-electron chi connectivity index (χ0n) is 13.9. The predicted octanol–water partition coefficient (Wildman–Crippen LogP) is 3.71. The highest BCUT2D eigenvalue weighted by atomic mass is 32.1. The highest BCUT2D eigenvalue weighted by molar-refractivity contribution is 7.82. The number of aryl methyl sites for hydroxylation is 1. The zero-order valence-corrected chi connectivity index (χ0v) is 14.8. The van der Waals surface area contributed by atoms with Crippen molar-refractivity contribution < 1.29 is 0 Å². The summed E-state index contributed by atoms with van der Waals surface area (Å²) in [6, 6.07) is 2.42. The molecular formula is C19H20N4S. The molecule has 0 aromatic carbocycles. The van der Waals surface area contributed by atoms with E-state index in [0.717, 1.165) is 30.5 Å². The summed E-state index contributed by atoms with van der Waals surface area (Å²) in [5.74, 6) is 1.04. The Bertz CT molecular complexity index is 860. The second kappa shape index (κ2) is 5.49. The van der Waals surface area contributed by atoms with Crippen LogP contribution in [0.2, 0.25) is 0 Å². The minimum atomic E-state index is -0.288. The van der Waals surface area contributed by atoms with E-state index in [1.807, 2.05) is 24.8 Å². The van der Waals surface area contributed by atoms with E-state index in [1.165, 1.54) is 16.8 Å². The normalized spacial score (nSPS) is 33.2. The molecule has 0 bridgehead atoms. The molecule has 1 saturated carbocycles. The number of hydrogen-bond acceptors (Lipinski definition) is 4. The average Bonchev–Trinajstić information content (AvgIpc) is 3.18. The lowest BCUT2D eigenvalue weighted by molar-refractivity contribution is 0.483. The summed E-state index contributed by atoms with van der Waals surface area (Å²) in [5.41, 5.74) is 5.52. The molecule has 1 aliphatic heterocycles. The third kappa shape index (κ3) is 2.46. The Labute approximate surface area is 147 Å². The van der Waals surface area contributed by atoms with Crippen LogP contribution in [0.3, 0.4) is 0 Å². The molecule has 122 valence electrons. The molecule has 1 fully saturated rings. The van der Waals surface area contributed by atoms with Crippen molar-refractivity contribution in [2.75, 3.05) is 0 Å². The van der Waals surface area contributed by atoms with Gasteiger partial charge in [-0.25, -0.2) is 4.98 Å². The van der Waals surface area contributed by atoms with Crippen molar-refractivity contribution >= 4 is 24.4 Å². The molecule has 1 aromatic rings. The maximum absolute atomic E-state index is 9.68. The molecule has 0 spiro atoms. The largest absolute Gasteiger partial charge is 0.333 e. The molecular weight excluding hydrogens is 316 g/mol. The number of allylic oxidation sites excluding steroid dienone is 5. The van der Waals surface area contributed by atoms with Crippen molar-refractivity contribution in [2.45, 2.75) is 30.9 Å². The Morgan fingerprint density at radius 3 is 2.96 bits per heavy atom. The lowest BCUT2D eigenvalue weighted by atomic mass is 9.94. The summed E-state index contributed by atoms with van der Waals surface area (Å²) >= 11 is 4.62. The number of fused-ring (bicyclic) bond motifs is 2. The van der Waals surface area contributed by atoms with Crippen molar-refractivity contribution in [3.05, 3.63) is 47.2 Å². The van der Waals surface area contributed by atoms with Crippen molar-refractivity contribution in [3.8, 4) is 6.07 Å². The van der Waals surface area contributed by atoms with Gasteiger partial charge in [-0.2, -0.15) is 17.9 Å². The average molecular weight is 336 g/mol. The highest BCUT2D eigenvalue weighted by Crippen LogP contribution is 2.52. The number of thiol groups is 1. The van der Waals surface area contributed by atoms with Gasteiger partial charge in [-0.1, -0.05) is 12.2 Å². The molecule has 0 radical (unpaired) electrons. The first-order chi connectivity index (χ1) is 11.5. The molecule has 24 heavy (non-hydrogen) atoms. The molecule has 4 nitrogen and oxygen atoms in total. The highest BCUT2D eigenvalue weighted by Gasteiger charge is 2.41. The molecule has 3 unspecified atom stereocenters. The van der Waals surface area contributed by atoms with Gasteiger partial charge in [0.25, 0.3) is 0 Å². The predicted molar refractivity (Wildman–Crippen MR) is 98.6 cm³/mol. The lowest BCUT2D eigenvalue weighted by Gasteiger charge is -2.13. The van der Waals surface area contributed by atoms with Gasteiger partial charge in [0.05, 0.1) is 28.5 Å². The van der Waals surface area contributed by atoms with Gasteiger partial charge in [0.2, 0.25) is 0 Å². The van der Waals surface area contributed by atoms with E-state index in [0.29, 0.717) is 11.8 Å². The van der Waals surface area contributed by atoms with Gasteiger partial charge < -0.3 is 4.57 Å². The third-order valence-corrected chi connectivity index (χ3v) is 5.62. The molecule has 2 heterocycles. The second-order valence-corrected chi connectivity index (χ2v) is 8.14. The Balaban J connectivity index is 1.68. The fourth-order valence-electron chi connectivity index (χ4n) is 4.11. The van der Waals surface area contributed by atoms with Gasteiger partial charge in [-0.05, 0) is 49.2 Å². The standard InChI is InChI=1S/C19H20N4S/c1-19(24)4-3-14-15-6-12(5-13(15)7-17(14)22-10-19)16(8-20)18-9-21-11-23(18)2/h3-4,9-11,13,15,24H,5-7H2,1-2H3/b16-12+. The van der Waals surface area contributed by atoms with E-state index in [1.54, 1.807) is 12.5 Å². The number of aliphatic imine (C=N–C) groups is 1. The maximum Gasteiger partial charge on any atom is 0.101 e. The number of nitrogens with zero attached hydrogens (tertiary/aromatic N) is 4. The van der Waals surface area contributed by atoms with Crippen molar-refractivity contribution in [3.63, 3.8) is 0 Å². The van der Waals surface area contributed by atoms with Crippen molar-refractivity contribution in [1.82, 2.24) is 9.55 Å². The molecule has 5 heteroatoms. The Hall–Kier alpha value is -2.06. The van der Waals surface area contributed by atoms with Crippen LogP contribution in [0.1, 0.15) is 31.9 Å². The maximum atomic E-state index is 9.68. The quantitative estimate of drug-likeness (QED) is 0.628. The van der Waals surface area contributed by atoms with E-state index >= 15 is 0 Å². The molecule has 3 atom stereocenters. The summed E-state index contributed by atoms with van der Waals surface area (Å²) in [6.45, 7) is 2.05. The molecule has 3 aliphatic rings. The number of nitriles is 1. The number of imidazole rings is 1. The lowest BCUT2D eigenvalue weighted by Crippen LogP contribution is -2.14. The first-order valence-electron chi connectivity index (χ1n) is 8.27. The van der Waals surface area contributed by atoms with Crippen LogP contribution in [-0.4, -0.2) is 20.5 Å². The summed E-state index contributed by atoms with van der Waals surface area (Å²) in [4.78, 5) is 8.85. The van der Waals surface area contributed by atoms with Gasteiger partial charge in [0.15, 0.2) is 0 Å². The first kappa shape index (κ1) is 15.5. The number of hydrogen-bond donors (Lipinski definition) is 1. The van der Waals surface area contributed by atoms with E-state index in [4.69, 9.17) is 4.99 Å². The smallest absolute Gasteiger partial charge is 0.101 e. The number of rotatable bonds is 1. The van der Waals surface area contributed by atoms with Gasteiger partial charge in [-0.3, -0.25) is 4.99 Å². The minimum absolute atomic E-state index is 0.288. The summed E-state index contributed by atoms with van der Waals surface area (Å²) in [7, 11) is 1.94. The monoisotopic (exact) mass is 336 g/mol. The summed E-state index contributed by atoms with van der Waals surface area (Å²) in [5, 5.41) is 9.68. The van der Waals surface area contributed by atoms with Gasteiger partial charge in [-0.15, -0.1) is 0 Å². The van der Waals surface area contributed by atoms with Crippen LogP contribution in [0, 0.1) is 23.2 Å². The third-order valence-electron chi connectivity index (χ3n) is 5.35.